The standard InChI is InChI=1S/C36H46I2O14/c1-11-19-22(34(8)35(9,46)31(45)52-36(34,38)28(11)37)26(47-12(2)39)20-18-21(27(48-13(3)40)30(33(19,20)7)50-15(5)42)32(6)16(23(43)24(18)44)10-17-25(51-17)29(32)49-14(4)41/h11,16-22,24-30,44,46H,10H2,1-9H3/t11-,16+,17-,18?,19-,20+,21?,22-,24+,25-,26+,27-,28?,29-,30-,32-,33+,34-,35+,36?/m0/s1. The van der Waals surface area contributed by atoms with Crippen LogP contribution in [-0.4, -0.2) is 102 Å². The first-order valence-electron chi connectivity index (χ1n) is 17.8. The molecule has 0 spiro atoms. The van der Waals surface area contributed by atoms with Crippen LogP contribution in [0.5, 0.6) is 0 Å². The second kappa shape index (κ2) is 11.9. The summed E-state index contributed by atoms with van der Waals surface area (Å²) in [5.74, 6) is -9.97. The maximum Gasteiger partial charge on any atom is 0.339 e. The summed E-state index contributed by atoms with van der Waals surface area (Å²) in [5.41, 5.74) is -6.21. The summed E-state index contributed by atoms with van der Waals surface area (Å²) in [5, 5.41) is 24.6. The quantitative estimate of drug-likeness (QED) is 0.137. The van der Waals surface area contributed by atoms with E-state index in [0.29, 0.717) is 0 Å². The molecule has 0 aromatic rings. The number of ether oxygens (including phenoxy) is 6. The van der Waals surface area contributed by atoms with E-state index in [9.17, 15) is 39.0 Å². The van der Waals surface area contributed by atoms with Crippen LogP contribution in [0.1, 0.15) is 68.7 Å². The number of alkyl halides is 2. The highest BCUT2D eigenvalue weighted by Gasteiger charge is 2.87. The first-order valence-corrected chi connectivity index (χ1v) is 20.1. The molecule has 0 aromatic carbocycles. The zero-order chi connectivity index (χ0) is 38.6. The molecule has 0 radical (unpaired) electrons. The maximum absolute atomic E-state index is 14.6. The average molecular weight is 957 g/mol. The minimum atomic E-state index is -2.10. The van der Waals surface area contributed by atoms with Gasteiger partial charge in [-0.25, -0.2) is 4.79 Å². The van der Waals surface area contributed by atoms with Crippen LogP contribution in [0.2, 0.25) is 0 Å². The molecular weight excluding hydrogens is 910 g/mol. The Hall–Kier alpha value is -1.64. The zero-order valence-corrected chi connectivity index (χ0v) is 34.7. The van der Waals surface area contributed by atoms with Crippen molar-refractivity contribution in [2.24, 2.45) is 57.7 Å². The van der Waals surface area contributed by atoms with Gasteiger partial charge in [0.1, 0.15) is 36.6 Å². The van der Waals surface area contributed by atoms with E-state index in [1.165, 1.54) is 34.6 Å². The van der Waals surface area contributed by atoms with E-state index >= 15 is 0 Å². The van der Waals surface area contributed by atoms with Gasteiger partial charge in [-0.1, -0.05) is 50.3 Å². The number of aliphatic hydroxyl groups is 2. The van der Waals surface area contributed by atoms with E-state index < -0.39 is 143 Å². The Balaban J connectivity index is 1.56. The average Bonchev–Trinajstić information content (AvgIpc) is 3.72. The van der Waals surface area contributed by atoms with Crippen LogP contribution in [0.3, 0.4) is 0 Å². The fraction of sp³-hybridized carbons (Fsp3) is 0.833. The van der Waals surface area contributed by atoms with Gasteiger partial charge in [0.2, 0.25) is 0 Å². The monoisotopic (exact) mass is 956 g/mol. The predicted molar refractivity (Wildman–Crippen MR) is 192 cm³/mol. The number of halogens is 2. The first-order chi connectivity index (χ1) is 23.9. The summed E-state index contributed by atoms with van der Waals surface area (Å²) in [6.07, 6.45) is -7.15. The van der Waals surface area contributed by atoms with E-state index in [1.54, 1.807) is 13.8 Å². The number of ketones is 1. The highest BCUT2D eigenvalue weighted by atomic mass is 127. The van der Waals surface area contributed by atoms with Crippen LogP contribution in [0.25, 0.3) is 0 Å². The summed E-state index contributed by atoms with van der Waals surface area (Å²) in [7, 11) is 0. The number of aliphatic hydroxyl groups excluding tert-OH is 1. The fourth-order valence-corrected chi connectivity index (χ4v) is 15.6. The Labute approximate surface area is 328 Å². The van der Waals surface area contributed by atoms with Gasteiger partial charge >= 0.3 is 29.8 Å². The van der Waals surface area contributed by atoms with Gasteiger partial charge < -0.3 is 38.6 Å². The number of hydrogen-bond acceptors (Lipinski definition) is 14. The van der Waals surface area contributed by atoms with Crippen molar-refractivity contribution in [1.29, 1.82) is 0 Å². The van der Waals surface area contributed by atoms with Gasteiger partial charge in [0.15, 0.2) is 15.0 Å². The van der Waals surface area contributed by atoms with Crippen molar-refractivity contribution in [3.05, 3.63) is 0 Å². The van der Waals surface area contributed by atoms with E-state index in [0.717, 1.165) is 0 Å². The lowest BCUT2D eigenvalue weighted by Crippen LogP contribution is -2.75. The molecule has 0 aromatic heterocycles. The van der Waals surface area contributed by atoms with Gasteiger partial charge in [-0.05, 0) is 47.8 Å². The molecule has 0 amide bonds. The maximum atomic E-state index is 14.6. The molecule has 5 saturated carbocycles. The van der Waals surface area contributed by atoms with Gasteiger partial charge in [0, 0.05) is 68.1 Å². The SMILES string of the molecule is CC(=O)O[C@H]1[C@@H]2[C@H]([C@H](C)C(I)C3(I)OC(=O)[C@@](C)(O)[C@]23C)[C@]2(C)[C@@H]1C1C([C@H](OC(C)=O)[C@@H]2OC(C)=O)[C@]2(C)[C@H](C[C@@H]3O[C@@H]3[C@@H]2OC(C)=O)C(=O)[C@@H]1O. The number of hydrogen-bond donors (Lipinski definition) is 2. The Kier molecular flexibility index (Phi) is 8.86. The predicted octanol–water partition coefficient (Wildman–Crippen LogP) is 2.46. The minimum Gasteiger partial charge on any atom is -0.462 e. The Bertz CT molecular complexity index is 1650. The third-order valence-electron chi connectivity index (χ3n) is 14.7. The lowest BCUT2D eigenvalue weighted by molar-refractivity contribution is -0.273. The van der Waals surface area contributed by atoms with Gasteiger partial charge in [0.05, 0.1) is 15.4 Å². The molecule has 2 heterocycles. The smallest absolute Gasteiger partial charge is 0.339 e. The highest BCUT2D eigenvalue weighted by molar-refractivity contribution is 14.1. The second-order valence-electron chi connectivity index (χ2n) is 17.0. The van der Waals surface area contributed by atoms with Crippen LogP contribution in [0.15, 0.2) is 0 Å². The Morgan fingerprint density at radius 3 is 1.87 bits per heavy atom. The first kappa shape index (κ1) is 38.6. The summed E-state index contributed by atoms with van der Waals surface area (Å²) in [6, 6.07) is 0. The zero-order valence-electron chi connectivity index (χ0n) is 30.4. The lowest BCUT2D eigenvalue weighted by atomic mass is 9.41. The van der Waals surface area contributed by atoms with E-state index in [1.807, 2.05) is 13.8 Å². The molecule has 7 rings (SSSR count). The molecule has 2 N–H and O–H groups in total. The number of fused-ring (bicyclic) bond motifs is 10. The van der Waals surface area contributed by atoms with E-state index in [2.05, 4.69) is 45.2 Å². The van der Waals surface area contributed by atoms with Crippen molar-refractivity contribution in [2.75, 3.05) is 0 Å². The Morgan fingerprint density at radius 2 is 1.31 bits per heavy atom. The van der Waals surface area contributed by atoms with Crippen molar-refractivity contribution in [3.63, 3.8) is 0 Å². The molecule has 2 saturated heterocycles. The molecule has 7 aliphatic rings. The number of carbonyl (C=O) groups excluding carboxylic acids is 6. The van der Waals surface area contributed by atoms with E-state index in [-0.39, 0.29) is 12.3 Å². The third kappa shape index (κ3) is 4.61. The lowest BCUT2D eigenvalue weighted by Gasteiger charge is -2.65. The molecular formula is C36H46I2O14. The number of carbonyl (C=O) groups is 6. The summed E-state index contributed by atoms with van der Waals surface area (Å²) < 4.78 is 35.1. The molecule has 52 heavy (non-hydrogen) atoms. The number of Topliss-reactive ketones (excluding diaryl/α,β-unsaturated/α-hetero) is 1. The Morgan fingerprint density at radius 1 is 0.788 bits per heavy atom. The van der Waals surface area contributed by atoms with Crippen LogP contribution in [-0.2, 0) is 57.2 Å². The fourth-order valence-electron chi connectivity index (χ4n) is 12.7. The van der Waals surface area contributed by atoms with Crippen LogP contribution in [0, 0.1) is 57.7 Å². The number of epoxide rings is 1. The largest absolute Gasteiger partial charge is 0.462 e. The molecule has 20 atom stereocenters. The molecule has 2 aliphatic heterocycles. The van der Waals surface area contributed by atoms with Gasteiger partial charge in [0.25, 0.3) is 0 Å². The van der Waals surface area contributed by atoms with Crippen molar-refractivity contribution >= 4 is 80.8 Å². The van der Waals surface area contributed by atoms with Crippen LogP contribution >= 0.6 is 45.2 Å². The topological polar surface area (TPSA) is 202 Å². The molecule has 14 nitrogen and oxygen atoms in total. The summed E-state index contributed by atoms with van der Waals surface area (Å²) in [6.45, 7) is 13.6. The molecule has 288 valence electrons. The minimum absolute atomic E-state index is 0.217. The highest BCUT2D eigenvalue weighted by Crippen LogP contribution is 2.79. The van der Waals surface area contributed by atoms with Crippen LogP contribution < -0.4 is 0 Å². The normalized spacial score (nSPS) is 55.2. The van der Waals surface area contributed by atoms with Crippen LogP contribution in [0.4, 0.5) is 0 Å². The van der Waals surface area contributed by atoms with Gasteiger partial charge in [-0.2, -0.15) is 0 Å². The van der Waals surface area contributed by atoms with E-state index in [4.69, 9.17) is 28.4 Å². The van der Waals surface area contributed by atoms with Crippen molar-refractivity contribution in [1.82, 2.24) is 0 Å². The summed E-state index contributed by atoms with van der Waals surface area (Å²) >= 11 is 4.30. The van der Waals surface area contributed by atoms with Crippen molar-refractivity contribution in [3.8, 4) is 0 Å². The molecule has 7 fully saturated rings. The van der Waals surface area contributed by atoms with Crippen molar-refractivity contribution in [2.45, 2.75) is 125 Å². The third-order valence-corrected chi connectivity index (χ3v) is 19.9. The van der Waals surface area contributed by atoms with Gasteiger partial charge in [-0.15, -0.1) is 0 Å². The second-order valence-corrected chi connectivity index (χ2v) is 19.9. The van der Waals surface area contributed by atoms with Gasteiger partial charge in [-0.3, -0.25) is 24.0 Å². The summed E-state index contributed by atoms with van der Waals surface area (Å²) in [4.78, 5) is 80.6. The number of esters is 5. The van der Waals surface area contributed by atoms with Crippen molar-refractivity contribution < 1.29 is 67.4 Å². The molecule has 0 bridgehead atoms. The number of rotatable bonds is 4. The molecule has 5 aliphatic carbocycles. The molecule has 16 heteroatoms. The molecule has 4 unspecified atom stereocenters.